The number of para-hydroxylation sites is 1. The molecule has 124 valence electrons. The van der Waals surface area contributed by atoms with Crippen molar-refractivity contribution in [1.29, 1.82) is 0 Å². The van der Waals surface area contributed by atoms with Gasteiger partial charge in [-0.3, -0.25) is 9.69 Å². The van der Waals surface area contributed by atoms with Gasteiger partial charge in [0.25, 0.3) is 0 Å². The molecule has 0 N–H and O–H groups in total. The summed E-state index contributed by atoms with van der Waals surface area (Å²) >= 11 is 1.89. The van der Waals surface area contributed by atoms with Crippen LogP contribution in [0.3, 0.4) is 0 Å². The van der Waals surface area contributed by atoms with Gasteiger partial charge in [0.1, 0.15) is 0 Å². The minimum Gasteiger partial charge on any atom is -0.311 e. The minimum atomic E-state index is 0.268. The van der Waals surface area contributed by atoms with Gasteiger partial charge in [-0.1, -0.05) is 18.2 Å². The Morgan fingerprint density at radius 2 is 2.00 bits per heavy atom. The van der Waals surface area contributed by atoms with Crippen LogP contribution in [-0.4, -0.2) is 30.4 Å². The van der Waals surface area contributed by atoms with Gasteiger partial charge in [0.2, 0.25) is 5.91 Å². The number of benzene rings is 1. The van der Waals surface area contributed by atoms with E-state index >= 15 is 0 Å². The number of fused-ring (bicyclic) bond motifs is 2. The summed E-state index contributed by atoms with van der Waals surface area (Å²) in [4.78, 5) is 19.0. The maximum atomic E-state index is 13.0. The van der Waals surface area contributed by atoms with Crippen LogP contribution >= 0.6 is 11.3 Å². The van der Waals surface area contributed by atoms with Crippen LogP contribution < -0.4 is 4.90 Å². The molecular weight excluding hydrogens is 316 g/mol. The number of nitrogens with zero attached hydrogens (tertiary/aromatic N) is 2. The van der Waals surface area contributed by atoms with E-state index in [0.29, 0.717) is 12.6 Å². The predicted molar refractivity (Wildman–Crippen MR) is 97.6 cm³/mol. The molecule has 5 rings (SSSR count). The van der Waals surface area contributed by atoms with Crippen molar-refractivity contribution in [2.24, 2.45) is 5.92 Å². The van der Waals surface area contributed by atoms with Crippen molar-refractivity contribution >= 4 is 22.9 Å². The average molecular weight is 338 g/mol. The number of anilines is 1. The fraction of sp³-hybridized carbons (Fsp3) is 0.450. The second-order valence-corrected chi connectivity index (χ2v) is 8.23. The monoisotopic (exact) mass is 338 g/mol. The van der Waals surface area contributed by atoms with Gasteiger partial charge in [-0.2, -0.15) is 0 Å². The molecule has 2 aromatic rings. The second kappa shape index (κ2) is 5.71. The Hall–Kier alpha value is -1.65. The first-order valence-corrected chi connectivity index (χ1v) is 9.88. The normalized spacial score (nSPS) is 23.2. The van der Waals surface area contributed by atoms with Crippen molar-refractivity contribution in [1.82, 2.24) is 4.90 Å². The Morgan fingerprint density at radius 3 is 2.88 bits per heavy atom. The molecule has 1 saturated carbocycles. The van der Waals surface area contributed by atoms with E-state index in [9.17, 15) is 4.79 Å². The first-order chi connectivity index (χ1) is 11.8. The van der Waals surface area contributed by atoms with Crippen LogP contribution in [0.2, 0.25) is 0 Å². The van der Waals surface area contributed by atoms with Gasteiger partial charge in [-0.15, -0.1) is 11.3 Å². The molecule has 3 heterocycles. The lowest BCUT2D eigenvalue weighted by Crippen LogP contribution is -2.44. The third-order valence-corrected chi connectivity index (χ3v) is 6.71. The van der Waals surface area contributed by atoms with E-state index in [2.05, 4.69) is 34.5 Å². The molecule has 0 radical (unpaired) electrons. The number of hydrogen-bond donors (Lipinski definition) is 0. The molecule has 1 amide bonds. The summed E-state index contributed by atoms with van der Waals surface area (Å²) in [7, 11) is 0. The lowest BCUT2D eigenvalue weighted by molar-refractivity contribution is -0.120. The van der Waals surface area contributed by atoms with Crippen molar-refractivity contribution in [2.75, 3.05) is 24.5 Å². The van der Waals surface area contributed by atoms with Gasteiger partial charge >= 0.3 is 0 Å². The summed E-state index contributed by atoms with van der Waals surface area (Å²) in [5.41, 5.74) is 3.94. The number of thiophene rings is 1. The highest BCUT2D eigenvalue weighted by Gasteiger charge is 2.41. The van der Waals surface area contributed by atoms with Gasteiger partial charge in [0.05, 0.1) is 6.54 Å². The molecule has 2 aliphatic heterocycles. The summed E-state index contributed by atoms with van der Waals surface area (Å²) in [6, 6.07) is 11.1. The van der Waals surface area contributed by atoms with Crippen LogP contribution in [0.5, 0.6) is 0 Å². The third kappa shape index (κ3) is 2.40. The zero-order valence-electron chi connectivity index (χ0n) is 13.8. The van der Waals surface area contributed by atoms with Crippen LogP contribution in [0.1, 0.15) is 34.9 Å². The van der Waals surface area contributed by atoms with E-state index in [-0.39, 0.29) is 5.91 Å². The molecule has 3 aliphatic rings. The zero-order valence-corrected chi connectivity index (χ0v) is 14.6. The van der Waals surface area contributed by atoms with Gasteiger partial charge < -0.3 is 4.90 Å². The molecule has 1 aromatic heterocycles. The van der Waals surface area contributed by atoms with Crippen molar-refractivity contribution < 1.29 is 4.79 Å². The molecule has 0 bridgehead atoms. The predicted octanol–water partition coefficient (Wildman–Crippen LogP) is 3.65. The fourth-order valence-electron chi connectivity index (χ4n) is 4.40. The van der Waals surface area contributed by atoms with Crippen LogP contribution in [0, 0.1) is 5.92 Å². The Balaban J connectivity index is 1.37. The fourth-order valence-corrected chi connectivity index (χ4v) is 5.31. The van der Waals surface area contributed by atoms with E-state index in [0.717, 1.165) is 37.5 Å². The molecule has 1 aliphatic carbocycles. The van der Waals surface area contributed by atoms with Gasteiger partial charge in [0.15, 0.2) is 0 Å². The van der Waals surface area contributed by atoms with Crippen LogP contribution in [-0.2, 0) is 17.6 Å². The lowest BCUT2D eigenvalue weighted by Gasteiger charge is -2.36. The van der Waals surface area contributed by atoms with Crippen molar-refractivity contribution in [3.63, 3.8) is 0 Å². The third-order valence-electron chi connectivity index (χ3n) is 5.71. The quantitative estimate of drug-likeness (QED) is 0.853. The van der Waals surface area contributed by atoms with Crippen LogP contribution in [0.15, 0.2) is 35.7 Å². The molecule has 3 nitrogen and oxygen atoms in total. The molecule has 4 heteroatoms. The maximum Gasteiger partial charge on any atom is 0.241 e. The average Bonchev–Trinajstić information content (AvgIpc) is 3.16. The Kier molecular flexibility index (Phi) is 3.49. The van der Waals surface area contributed by atoms with Crippen molar-refractivity contribution in [3.05, 3.63) is 51.7 Å². The lowest BCUT2D eigenvalue weighted by atomic mass is 9.96. The highest BCUT2D eigenvalue weighted by molar-refractivity contribution is 7.10. The maximum absolute atomic E-state index is 13.0. The van der Waals surface area contributed by atoms with E-state index in [4.69, 9.17) is 0 Å². The van der Waals surface area contributed by atoms with Gasteiger partial charge in [0, 0.05) is 29.7 Å². The number of rotatable bonds is 3. The van der Waals surface area contributed by atoms with E-state index in [1.54, 1.807) is 4.88 Å². The first-order valence-electron chi connectivity index (χ1n) is 9.00. The summed E-state index contributed by atoms with van der Waals surface area (Å²) < 4.78 is 0. The number of carbonyl (C=O) groups excluding carboxylic acids is 1. The van der Waals surface area contributed by atoms with Crippen LogP contribution in [0.4, 0.5) is 5.69 Å². The minimum absolute atomic E-state index is 0.268. The standard InChI is InChI=1S/C20H22N2OS/c23-19(22-11-7-14-3-1-2-4-17(14)22)13-21-10-8-18-16(9-12-24-18)20(21)15-5-6-15/h1-4,9,12,15,20H,5-8,10-11,13H2/t20-/m0/s1. The molecule has 0 unspecified atom stereocenters. The van der Waals surface area contributed by atoms with E-state index < -0.39 is 0 Å². The summed E-state index contributed by atoms with van der Waals surface area (Å²) in [5, 5.41) is 2.22. The molecule has 1 fully saturated rings. The Morgan fingerprint density at radius 1 is 1.12 bits per heavy atom. The first kappa shape index (κ1) is 14.7. The van der Waals surface area contributed by atoms with Crippen LogP contribution in [0.25, 0.3) is 0 Å². The SMILES string of the molecule is O=C(CN1CCc2sccc2[C@@H]1C1CC1)N1CCc2ccccc21. The van der Waals surface area contributed by atoms with Gasteiger partial charge in [-0.05, 0) is 60.2 Å². The number of carbonyl (C=O) groups is 1. The number of amides is 1. The Bertz CT molecular complexity index is 779. The Labute approximate surface area is 146 Å². The molecule has 1 atom stereocenters. The summed E-state index contributed by atoms with van der Waals surface area (Å²) in [5.74, 6) is 1.03. The molecule has 0 saturated heterocycles. The second-order valence-electron chi connectivity index (χ2n) is 7.23. The topological polar surface area (TPSA) is 23.6 Å². The highest BCUT2D eigenvalue weighted by Crippen LogP contribution is 2.48. The number of hydrogen-bond acceptors (Lipinski definition) is 3. The largest absolute Gasteiger partial charge is 0.311 e. The smallest absolute Gasteiger partial charge is 0.241 e. The summed E-state index contributed by atoms with van der Waals surface area (Å²) in [6.45, 7) is 2.42. The van der Waals surface area contributed by atoms with Crippen molar-refractivity contribution in [3.8, 4) is 0 Å². The molecular formula is C20H22N2OS. The molecule has 24 heavy (non-hydrogen) atoms. The van der Waals surface area contributed by atoms with E-state index in [1.165, 1.54) is 24.0 Å². The van der Waals surface area contributed by atoms with Gasteiger partial charge in [-0.25, -0.2) is 0 Å². The van der Waals surface area contributed by atoms with E-state index in [1.807, 2.05) is 22.3 Å². The highest BCUT2D eigenvalue weighted by atomic mass is 32.1. The van der Waals surface area contributed by atoms with Crippen molar-refractivity contribution in [2.45, 2.75) is 31.7 Å². The summed E-state index contributed by atoms with van der Waals surface area (Å²) in [6.07, 6.45) is 4.72. The molecule has 1 aromatic carbocycles. The molecule has 0 spiro atoms. The zero-order chi connectivity index (χ0) is 16.1.